The number of rotatable bonds is 6. The molecule has 0 spiro atoms. The van der Waals surface area contributed by atoms with Crippen molar-refractivity contribution in [1.29, 1.82) is 0 Å². The van der Waals surface area contributed by atoms with Crippen LogP contribution in [0.15, 0.2) is 53.0 Å². The van der Waals surface area contributed by atoms with Gasteiger partial charge in [0.15, 0.2) is 0 Å². The van der Waals surface area contributed by atoms with Crippen LogP contribution >= 0.6 is 15.9 Å². The summed E-state index contributed by atoms with van der Waals surface area (Å²) in [7, 11) is 0. The third kappa shape index (κ3) is 4.70. The first-order valence-corrected chi connectivity index (χ1v) is 7.44. The zero-order valence-electron chi connectivity index (χ0n) is 11.5. The van der Waals surface area contributed by atoms with Crippen LogP contribution in [0.5, 0.6) is 5.75 Å². The van der Waals surface area contributed by atoms with Crippen LogP contribution in [-0.2, 0) is 0 Å². The van der Waals surface area contributed by atoms with Crippen LogP contribution in [0, 0.1) is 0 Å². The molecule has 1 N–H and O–H groups in total. The number of halogens is 3. The van der Waals surface area contributed by atoms with E-state index in [0.717, 1.165) is 22.1 Å². The van der Waals surface area contributed by atoms with E-state index in [1.54, 1.807) is 12.1 Å². The molecule has 1 unspecified atom stereocenters. The minimum absolute atomic E-state index is 0.101. The largest absolute Gasteiger partial charge is 0.435 e. The second-order valence-electron chi connectivity index (χ2n) is 4.57. The Bertz CT molecular complexity index is 592. The maximum Gasteiger partial charge on any atom is 0.387 e. The summed E-state index contributed by atoms with van der Waals surface area (Å²) in [6.45, 7) is -0.745. The maximum atomic E-state index is 12.2. The van der Waals surface area contributed by atoms with E-state index in [1.807, 2.05) is 30.3 Å². The number of benzene rings is 2. The summed E-state index contributed by atoms with van der Waals surface area (Å²) in [5, 5.41) is 3.34. The van der Waals surface area contributed by atoms with Gasteiger partial charge in [-0.15, -0.1) is 0 Å². The van der Waals surface area contributed by atoms with Crippen LogP contribution in [0.3, 0.4) is 0 Å². The number of anilines is 1. The van der Waals surface area contributed by atoms with Crippen molar-refractivity contribution in [2.45, 2.75) is 26.0 Å². The Morgan fingerprint density at radius 2 is 1.90 bits per heavy atom. The zero-order chi connectivity index (χ0) is 15.2. The molecule has 2 aromatic rings. The van der Waals surface area contributed by atoms with Crippen LogP contribution < -0.4 is 10.1 Å². The monoisotopic (exact) mass is 355 g/mol. The molecule has 2 rings (SSSR count). The third-order valence-corrected chi connectivity index (χ3v) is 3.55. The van der Waals surface area contributed by atoms with E-state index in [-0.39, 0.29) is 11.8 Å². The molecule has 0 heterocycles. The van der Waals surface area contributed by atoms with Gasteiger partial charge in [0.2, 0.25) is 0 Å². The number of alkyl halides is 2. The Morgan fingerprint density at radius 1 is 1.14 bits per heavy atom. The van der Waals surface area contributed by atoms with Gasteiger partial charge in [-0.2, -0.15) is 8.78 Å². The van der Waals surface area contributed by atoms with Crippen molar-refractivity contribution >= 4 is 21.6 Å². The Labute approximate surface area is 131 Å². The number of hydrogen-bond acceptors (Lipinski definition) is 2. The van der Waals surface area contributed by atoms with Crippen molar-refractivity contribution in [3.63, 3.8) is 0 Å². The molecule has 0 radical (unpaired) electrons. The molecular weight excluding hydrogens is 340 g/mol. The van der Waals surface area contributed by atoms with Gasteiger partial charge in [-0.1, -0.05) is 41.1 Å². The van der Waals surface area contributed by atoms with Crippen LogP contribution in [0.1, 0.15) is 24.9 Å². The highest BCUT2D eigenvalue weighted by Crippen LogP contribution is 2.27. The molecule has 0 fully saturated rings. The smallest absolute Gasteiger partial charge is 0.387 e. The number of hydrogen-bond donors (Lipinski definition) is 1. The molecule has 112 valence electrons. The first kappa shape index (κ1) is 15.8. The van der Waals surface area contributed by atoms with Gasteiger partial charge >= 0.3 is 6.61 Å². The van der Waals surface area contributed by atoms with E-state index in [0.29, 0.717) is 0 Å². The molecule has 1 atom stereocenters. The van der Waals surface area contributed by atoms with E-state index in [4.69, 9.17) is 0 Å². The highest BCUT2D eigenvalue weighted by atomic mass is 79.9. The van der Waals surface area contributed by atoms with Crippen LogP contribution in [0.2, 0.25) is 0 Å². The first-order valence-electron chi connectivity index (χ1n) is 6.65. The van der Waals surface area contributed by atoms with Gasteiger partial charge in [-0.25, -0.2) is 0 Å². The van der Waals surface area contributed by atoms with E-state index in [9.17, 15) is 8.78 Å². The van der Waals surface area contributed by atoms with Gasteiger partial charge in [-0.05, 0) is 36.2 Å². The molecule has 0 aromatic heterocycles. The number of nitrogens with one attached hydrogen (secondary N) is 1. The lowest BCUT2D eigenvalue weighted by Gasteiger charge is -2.19. The van der Waals surface area contributed by atoms with Crippen molar-refractivity contribution in [2.24, 2.45) is 0 Å². The molecule has 0 aliphatic carbocycles. The Morgan fingerprint density at radius 3 is 2.57 bits per heavy atom. The van der Waals surface area contributed by atoms with Gasteiger partial charge in [0, 0.05) is 16.2 Å². The second-order valence-corrected chi connectivity index (χ2v) is 5.48. The van der Waals surface area contributed by atoms with Crippen molar-refractivity contribution in [3.8, 4) is 5.75 Å². The Balaban J connectivity index is 2.15. The van der Waals surface area contributed by atoms with Gasteiger partial charge < -0.3 is 10.1 Å². The minimum Gasteiger partial charge on any atom is -0.435 e. The average molecular weight is 356 g/mol. The summed E-state index contributed by atoms with van der Waals surface area (Å²) in [5.74, 6) is 0.152. The van der Waals surface area contributed by atoms with E-state index in [1.165, 1.54) is 6.07 Å². The summed E-state index contributed by atoms with van der Waals surface area (Å²) in [4.78, 5) is 0. The molecule has 0 amide bonds. The highest BCUT2D eigenvalue weighted by Gasteiger charge is 2.11. The van der Waals surface area contributed by atoms with Crippen LogP contribution in [0.4, 0.5) is 14.5 Å². The Kier molecular flexibility index (Phi) is 5.56. The van der Waals surface area contributed by atoms with Crippen LogP contribution in [0.25, 0.3) is 0 Å². The SMILES string of the molecule is CCC(Nc1cccc(OC(F)F)c1)c1cccc(Br)c1. The Hall–Kier alpha value is -1.62. The van der Waals surface area contributed by atoms with E-state index < -0.39 is 6.61 Å². The van der Waals surface area contributed by atoms with Gasteiger partial charge in [0.25, 0.3) is 0 Å². The second kappa shape index (κ2) is 7.41. The molecule has 5 heteroatoms. The molecule has 2 nitrogen and oxygen atoms in total. The zero-order valence-corrected chi connectivity index (χ0v) is 13.1. The molecule has 0 aliphatic rings. The summed E-state index contributed by atoms with van der Waals surface area (Å²) in [6.07, 6.45) is 0.871. The lowest BCUT2D eigenvalue weighted by Crippen LogP contribution is -2.10. The lowest BCUT2D eigenvalue weighted by atomic mass is 10.0. The quantitative estimate of drug-likeness (QED) is 0.726. The van der Waals surface area contributed by atoms with Gasteiger partial charge in [-0.3, -0.25) is 0 Å². The first-order chi connectivity index (χ1) is 10.1. The molecule has 0 saturated heterocycles. The number of ether oxygens (including phenoxy) is 1. The highest BCUT2D eigenvalue weighted by molar-refractivity contribution is 9.10. The molecule has 0 aliphatic heterocycles. The fraction of sp³-hybridized carbons (Fsp3) is 0.250. The van der Waals surface area contributed by atoms with Crippen molar-refractivity contribution < 1.29 is 13.5 Å². The molecule has 21 heavy (non-hydrogen) atoms. The summed E-state index contributed by atoms with van der Waals surface area (Å²) >= 11 is 3.45. The summed E-state index contributed by atoms with van der Waals surface area (Å²) < 4.78 is 29.9. The predicted molar refractivity (Wildman–Crippen MR) is 83.9 cm³/mol. The molecular formula is C16H16BrF2NO. The summed E-state index contributed by atoms with van der Waals surface area (Å²) in [5.41, 5.74) is 1.88. The van der Waals surface area contributed by atoms with Crippen LogP contribution in [-0.4, -0.2) is 6.61 Å². The normalized spacial score (nSPS) is 12.2. The van der Waals surface area contributed by atoms with Gasteiger partial charge in [0.1, 0.15) is 5.75 Å². The average Bonchev–Trinajstić information content (AvgIpc) is 2.44. The fourth-order valence-electron chi connectivity index (χ4n) is 2.11. The molecule has 0 saturated carbocycles. The van der Waals surface area contributed by atoms with Gasteiger partial charge in [0.05, 0.1) is 6.04 Å². The molecule has 2 aromatic carbocycles. The predicted octanol–water partition coefficient (Wildman–Crippen LogP) is 5.61. The van der Waals surface area contributed by atoms with E-state index in [2.05, 4.69) is 32.9 Å². The maximum absolute atomic E-state index is 12.2. The van der Waals surface area contributed by atoms with E-state index >= 15 is 0 Å². The van der Waals surface area contributed by atoms with Crippen molar-refractivity contribution in [3.05, 3.63) is 58.6 Å². The fourth-order valence-corrected chi connectivity index (χ4v) is 2.52. The molecule has 0 bridgehead atoms. The standard InChI is InChI=1S/C16H16BrF2NO/c1-2-15(11-5-3-6-12(17)9-11)20-13-7-4-8-14(10-13)21-16(18)19/h3-10,15-16,20H,2H2,1H3. The van der Waals surface area contributed by atoms with Crippen molar-refractivity contribution in [1.82, 2.24) is 0 Å². The third-order valence-electron chi connectivity index (χ3n) is 3.06. The summed E-state index contributed by atoms with van der Waals surface area (Å²) in [6, 6.07) is 14.7. The van der Waals surface area contributed by atoms with Crippen molar-refractivity contribution in [2.75, 3.05) is 5.32 Å². The minimum atomic E-state index is -2.81. The topological polar surface area (TPSA) is 21.3 Å². The lowest BCUT2D eigenvalue weighted by molar-refractivity contribution is -0.0498.